The van der Waals surface area contributed by atoms with Crippen molar-refractivity contribution in [1.29, 1.82) is 0 Å². The lowest BCUT2D eigenvalue weighted by Crippen LogP contribution is -2.40. The molecular formula is C47H54N6O8S2. The van der Waals surface area contributed by atoms with E-state index in [-0.39, 0.29) is 22.1 Å². The zero-order valence-corrected chi connectivity index (χ0v) is 38.0. The molecule has 0 atom stereocenters. The molecule has 0 radical (unpaired) electrons. The average Bonchev–Trinajstić information content (AvgIpc) is 3.23. The fourth-order valence-electron chi connectivity index (χ4n) is 6.99. The van der Waals surface area contributed by atoms with E-state index in [2.05, 4.69) is 25.3 Å². The van der Waals surface area contributed by atoms with Crippen LogP contribution in [0.25, 0.3) is 22.3 Å². The summed E-state index contributed by atoms with van der Waals surface area (Å²) in [5.41, 5.74) is 8.05. The topological polar surface area (TPSA) is 215 Å². The number of aromatic nitrogens is 2. The van der Waals surface area contributed by atoms with Gasteiger partial charge in [-0.3, -0.25) is 9.97 Å². The second kappa shape index (κ2) is 18.8. The van der Waals surface area contributed by atoms with Crippen LogP contribution >= 0.6 is 0 Å². The highest BCUT2D eigenvalue weighted by Crippen LogP contribution is 2.36. The van der Waals surface area contributed by atoms with Gasteiger partial charge in [-0.25, -0.2) is 26.7 Å². The van der Waals surface area contributed by atoms with Crippen LogP contribution in [0.1, 0.15) is 68.3 Å². The lowest BCUT2D eigenvalue weighted by molar-refractivity contribution is -0.180. The number of benzene rings is 4. The van der Waals surface area contributed by atoms with Crippen molar-refractivity contribution in [2.75, 3.05) is 10.6 Å². The number of sulfonamides is 2. The monoisotopic (exact) mass is 894 g/mol. The molecule has 63 heavy (non-hydrogen) atoms. The maximum Gasteiger partial charge on any atom is 0.241 e. The molecule has 0 fully saturated rings. The normalized spacial score (nSPS) is 13.5. The number of aliphatic hydroxyl groups is 1. The van der Waals surface area contributed by atoms with Crippen molar-refractivity contribution in [3.05, 3.63) is 143 Å². The summed E-state index contributed by atoms with van der Waals surface area (Å²) >= 11 is 0. The van der Waals surface area contributed by atoms with E-state index in [1.165, 1.54) is 6.07 Å². The van der Waals surface area contributed by atoms with Gasteiger partial charge in [0.1, 0.15) is 11.5 Å². The molecule has 0 saturated carbocycles. The predicted molar refractivity (Wildman–Crippen MR) is 245 cm³/mol. The second-order valence-corrected chi connectivity index (χ2v) is 19.8. The number of nitrogens with one attached hydrogen (secondary N) is 3. The Morgan fingerprint density at radius 1 is 0.746 bits per heavy atom. The first-order valence-electron chi connectivity index (χ1n) is 20.2. The first-order chi connectivity index (χ1) is 29.7. The summed E-state index contributed by atoms with van der Waals surface area (Å²) in [5, 5.41) is 31.6. The Balaban J connectivity index is 0.000000215. The van der Waals surface area contributed by atoms with Crippen molar-refractivity contribution in [2.24, 2.45) is 5.14 Å². The van der Waals surface area contributed by atoms with Gasteiger partial charge in [-0.15, -0.1) is 0 Å². The summed E-state index contributed by atoms with van der Waals surface area (Å²) in [6, 6.07) is 28.6. The Hall–Kier alpha value is -5.88. The van der Waals surface area contributed by atoms with Crippen LogP contribution in [0.15, 0.2) is 119 Å². The van der Waals surface area contributed by atoms with Gasteiger partial charge >= 0.3 is 0 Å². The Bertz CT molecular complexity index is 2840. The first kappa shape index (κ1) is 46.6. The molecule has 4 aromatic carbocycles. The number of ether oxygens (including phenoxy) is 2. The number of hydrogen-bond acceptors (Lipinski definition) is 12. The van der Waals surface area contributed by atoms with Crippen LogP contribution in [-0.2, 0) is 51.1 Å². The second-order valence-electron chi connectivity index (χ2n) is 16.6. The van der Waals surface area contributed by atoms with Gasteiger partial charge in [0.05, 0.1) is 34.4 Å². The Kier molecular flexibility index (Phi) is 13.9. The molecule has 0 spiro atoms. The molecule has 332 valence electrons. The molecule has 0 bridgehead atoms. The van der Waals surface area contributed by atoms with Crippen LogP contribution in [0, 0.1) is 13.8 Å². The molecule has 14 nitrogen and oxygen atoms in total. The fraction of sp³-hybridized carbons (Fsp3) is 0.277. The van der Waals surface area contributed by atoms with Gasteiger partial charge in [0.25, 0.3) is 0 Å². The third-order valence-electron chi connectivity index (χ3n) is 10.0. The Morgan fingerprint density at radius 3 is 1.84 bits per heavy atom. The van der Waals surface area contributed by atoms with Crippen LogP contribution in [-0.4, -0.2) is 48.3 Å². The van der Waals surface area contributed by atoms with E-state index >= 15 is 0 Å². The molecule has 6 aromatic rings. The zero-order chi connectivity index (χ0) is 45.7. The van der Waals surface area contributed by atoms with E-state index in [0.29, 0.717) is 53.2 Å². The van der Waals surface area contributed by atoms with Crippen molar-refractivity contribution in [3.8, 4) is 33.8 Å². The number of aromatic hydroxyl groups is 1. The minimum atomic E-state index is -3.85. The Morgan fingerprint density at radius 2 is 1.27 bits per heavy atom. The first-order valence-corrected chi connectivity index (χ1v) is 23.2. The summed E-state index contributed by atoms with van der Waals surface area (Å²) in [4.78, 5) is 8.94. The van der Waals surface area contributed by atoms with Gasteiger partial charge < -0.3 is 30.3 Å². The van der Waals surface area contributed by atoms with Crippen LogP contribution in [0.2, 0.25) is 0 Å². The summed E-state index contributed by atoms with van der Waals surface area (Å²) in [6.07, 6.45) is 3.45. The summed E-state index contributed by atoms with van der Waals surface area (Å²) in [6.45, 7) is 13.9. The van der Waals surface area contributed by atoms with Crippen molar-refractivity contribution in [2.45, 2.75) is 95.9 Å². The average molecular weight is 895 g/mol. The molecule has 16 heteroatoms. The third kappa shape index (κ3) is 11.6. The van der Waals surface area contributed by atoms with Gasteiger partial charge in [0, 0.05) is 78.5 Å². The highest BCUT2D eigenvalue weighted by atomic mass is 32.2. The van der Waals surface area contributed by atoms with E-state index in [1.54, 1.807) is 55.6 Å². The highest BCUT2D eigenvalue weighted by Gasteiger charge is 2.31. The van der Waals surface area contributed by atoms with Crippen LogP contribution < -0.4 is 25.2 Å². The Labute approximate surface area is 369 Å². The van der Waals surface area contributed by atoms with Crippen molar-refractivity contribution < 1.29 is 36.5 Å². The van der Waals surface area contributed by atoms with Gasteiger partial charge in [-0.05, 0) is 93.3 Å². The smallest absolute Gasteiger partial charge is 0.241 e. The quantitative estimate of drug-likeness (QED) is 0.0692. The van der Waals surface area contributed by atoms with Crippen molar-refractivity contribution in [3.63, 3.8) is 0 Å². The van der Waals surface area contributed by atoms with E-state index in [1.807, 2.05) is 96.3 Å². The number of pyridine rings is 2. The van der Waals surface area contributed by atoms with E-state index in [0.717, 1.165) is 39.5 Å². The maximum absolute atomic E-state index is 13.1. The standard InChI is InChI=1S/C27H33N3O4S.C20H21N3O4S/c1-18-25-23(17-33-27(5,6)34-25)20(15-28-18)16-29-21-11-9-10-19(14-21)22-12-7-8-13-24(22)35(31,32)30-26(2,3)4;1-13-20(25)18(12-24)15(10-22-13)11-23-16-6-4-5-14(9-16)17-7-2-3-8-19(17)28(21,26)27/h7-15,29-30H,16-17H2,1-6H3;2-10,23-25H,11-12H2,1H3,(H2,21,26,27). The van der Waals surface area contributed by atoms with Gasteiger partial charge in [-0.2, -0.15) is 0 Å². The molecule has 0 amide bonds. The number of aryl methyl sites for hydroxylation is 2. The van der Waals surface area contributed by atoms with Gasteiger partial charge in [0.2, 0.25) is 25.8 Å². The molecule has 1 aliphatic rings. The highest BCUT2D eigenvalue weighted by molar-refractivity contribution is 7.89. The van der Waals surface area contributed by atoms with Crippen molar-refractivity contribution >= 4 is 31.4 Å². The molecule has 0 saturated heterocycles. The van der Waals surface area contributed by atoms with Crippen LogP contribution in [0.4, 0.5) is 11.4 Å². The number of nitrogens with zero attached hydrogens (tertiary/aromatic N) is 2. The lowest BCUT2D eigenvalue weighted by atomic mass is 10.0. The molecule has 0 aliphatic carbocycles. The molecule has 7 N–H and O–H groups in total. The minimum Gasteiger partial charge on any atom is -0.506 e. The molecule has 3 heterocycles. The summed E-state index contributed by atoms with van der Waals surface area (Å²) < 4.78 is 64.5. The number of hydrogen-bond donors (Lipinski definition) is 6. The molecule has 2 aromatic heterocycles. The van der Waals surface area contributed by atoms with Crippen LogP contribution in [0.5, 0.6) is 11.5 Å². The molecular weight excluding hydrogens is 841 g/mol. The zero-order valence-electron chi connectivity index (χ0n) is 36.4. The molecule has 7 rings (SSSR count). The SMILES string of the molecule is Cc1ncc(CNc2cccc(-c3ccccc3S(=O)(=O)NC(C)(C)C)c2)c2c1OC(C)(C)OC2.Cc1ncc(CNc2cccc(-c3ccccc3S(N)(=O)=O)c2)c(CO)c1O. The summed E-state index contributed by atoms with van der Waals surface area (Å²) in [5.74, 6) is 0.0764. The maximum atomic E-state index is 13.1. The van der Waals surface area contributed by atoms with Gasteiger partial charge in [0.15, 0.2) is 0 Å². The van der Waals surface area contributed by atoms with Crippen molar-refractivity contribution in [1.82, 2.24) is 14.7 Å². The summed E-state index contributed by atoms with van der Waals surface area (Å²) in [7, 11) is -7.55. The third-order valence-corrected chi connectivity index (χ3v) is 12.8. The number of rotatable bonds is 12. The van der Waals surface area contributed by atoms with E-state index in [9.17, 15) is 27.0 Å². The largest absolute Gasteiger partial charge is 0.506 e. The van der Waals surface area contributed by atoms with Gasteiger partial charge in [-0.1, -0.05) is 60.7 Å². The molecule has 0 unspecified atom stereocenters. The lowest BCUT2D eigenvalue weighted by Gasteiger charge is -2.34. The van der Waals surface area contributed by atoms with E-state index in [4.69, 9.17) is 14.6 Å². The van der Waals surface area contributed by atoms with Crippen LogP contribution in [0.3, 0.4) is 0 Å². The number of anilines is 2. The number of aliphatic hydroxyl groups excluding tert-OH is 1. The van der Waals surface area contributed by atoms with E-state index < -0.39 is 31.4 Å². The number of nitrogens with two attached hydrogens (primary N) is 1. The number of primary sulfonamides is 1. The minimum absolute atomic E-state index is 0.0161. The fourth-order valence-corrected chi connectivity index (χ4v) is 9.40. The molecule has 1 aliphatic heterocycles. The predicted octanol–water partition coefficient (Wildman–Crippen LogP) is 7.91. The number of fused-ring (bicyclic) bond motifs is 1.